The van der Waals surface area contributed by atoms with Gasteiger partial charge in [0.25, 0.3) is 0 Å². The molecule has 0 rings (SSSR count). The van der Waals surface area contributed by atoms with Gasteiger partial charge in [-0.05, 0) is 43.4 Å². The second-order valence-electron chi connectivity index (χ2n) is 2.10. The Morgan fingerprint density at radius 2 is 1.78 bits per heavy atom. The quantitative estimate of drug-likeness (QED) is 0.624. The number of nitrogens with zero attached hydrogens (tertiary/aromatic N) is 1. The van der Waals surface area contributed by atoms with Gasteiger partial charge in [0, 0.05) is 6.04 Å². The van der Waals surface area contributed by atoms with E-state index in [2.05, 4.69) is 0 Å². The molecule has 0 amide bonds. The van der Waals surface area contributed by atoms with E-state index in [1.54, 1.807) is 7.05 Å². The Bertz CT molecular complexity index is 133. The summed E-state index contributed by atoms with van der Waals surface area (Å²) >= 11 is 10.7. The highest BCUT2D eigenvalue weighted by Gasteiger charge is 2.22. The average molecular weight is 190 g/mol. The number of rotatable bonds is 2. The summed E-state index contributed by atoms with van der Waals surface area (Å²) in [6.45, 7) is 3.74. The number of hydrogen-bond donors (Lipinski definition) is 0. The Labute approximate surface area is 65.1 Å². The molecule has 0 saturated carbocycles. The molecule has 0 bridgehead atoms. The van der Waals surface area contributed by atoms with Crippen LogP contribution < -0.4 is 0 Å². The van der Waals surface area contributed by atoms with Gasteiger partial charge in [-0.1, -0.05) is 0 Å². The van der Waals surface area contributed by atoms with Crippen molar-refractivity contribution >= 4 is 28.5 Å². The maximum absolute atomic E-state index is 10.8. The van der Waals surface area contributed by atoms with Crippen molar-refractivity contribution < 1.29 is 4.57 Å². The lowest BCUT2D eigenvalue weighted by Crippen LogP contribution is -2.19. The van der Waals surface area contributed by atoms with E-state index in [1.165, 1.54) is 4.67 Å². The summed E-state index contributed by atoms with van der Waals surface area (Å²) in [4.78, 5) is 0. The van der Waals surface area contributed by atoms with Gasteiger partial charge in [-0.3, -0.25) is 4.57 Å². The van der Waals surface area contributed by atoms with Gasteiger partial charge >= 0.3 is 6.00 Å². The smallest absolute Gasteiger partial charge is 0.271 e. The molecule has 0 radical (unpaired) electrons. The third-order valence-electron chi connectivity index (χ3n) is 1.11. The molecule has 0 atom stereocenters. The molecule has 0 unspecified atom stereocenters. The van der Waals surface area contributed by atoms with Gasteiger partial charge in [0.1, 0.15) is 0 Å². The van der Waals surface area contributed by atoms with E-state index in [0.717, 1.165) is 0 Å². The van der Waals surface area contributed by atoms with Gasteiger partial charge in [0.2, 0.25) is 0 Å². The van der Waals surface area contributed by atoms with Crippen molar-refractivity contribution in [2.24, 2.45) is 0 Å². The topological polar surface area (TPSA) is 20.3 Å². The minimum Gasteiger partial charge on any atom is -0.271 e. The summed E-state index contributed by atoms with van der Waals surface area (Å²) in [5.74, 6) is -3.04. The van der Waals surface area contributed by atoms with Gasteiger partial charge in [-0.25, -0.2) is 4.67 Å². The van der Waals surface area contributed by atoms with Crippen LogP contribution in [0.25, 0.3) is 0 Å². The third kappa shape index (κ3) is 3.47. The van der Waals surface area contributed by atoms with Crippen LogP contribution in [-0.2, 0) is 4.57 Å². The average Bonchev–Trinajstić information content (AvgIpc) is 1.62. The molecule has 0 aliphatic heterocycles. The first-order chi connectivity index (χ1) is 3.85. The van der Waals surface area contributed by atoms with Crippen LogP contribution in [0.4, 0.5) is 0 Å². The minimum atomic E-state index is -3.04. The zero-order valence-electron chi connectivity index (χ0n) is 5.64. The number of hydrogen-bond acceptors (Lipinski definition) is 1. The summed E-state index contributed by atoms with van der Waals surface area (Å²) in [7, 11) is 1.63. The van der Waals surface area contributed by atoms with Crippen molar-refractivity contribution in [3.8, 4) is 0 Å². The normalized spacial score (nSPS) is 13.2. The summed E-state index contributed by atoms with van der Waals surface area (Å²) in [5.41, 5.74) is 0. The van der Waals surface area contributed by atoms with Gasteiger partial charge in [-0.15, -0.1) is 0 Å². The van der Waals surface area contributed by atoms with Crippen LogP contribution in [0, 0.1) is 0 Å². The lowest BCUT2D eigenvalue weighted by Gasteiger charge is -2.20. The van der Waals surface area contributed by atoms with Crippen LogP contribution in [0.3, 0.4) is 0 Å². The van der Waals surface area contributed by atoms with Crippen LogP contribution in [0.2, 0.25) is 0 Å². The standard InChI is InChI=1S/C4H10Cl2NOP/c1-4(2)7(3)9(5,6)8/h4H,1-3H3. The monoisotopic (exact) mass is 189 g/mol. The van der Waals surface area contributed by atoms with E-state index in [4.69, 9.17) is 22.5 Å². The largest absolute Gasteiger partial charge is 0.322 e. The third-order valence-corrected chi connectivity index (χ3v) is 3.74. The molecule has 0 aliphatic rings. The maximum atomic E-state index is 10.8. The van der Waals surface area contributed by atoms with Crippen molar-refractivity contribution in [1.82, 2.24) is 4.67 Å². The molecule has 9 heavy (non-hydrogen) atoms. The fourth-order valence-corrected chi connectivity index (χ4v) is 1.85. The summed E-state index contributed by atoms with van der Waals surface area (Å²) in [6.07, 6.45) is 0. The Hall–Kier alpha value is 0.770. The predicted molar refractivity (Wildman–Crippen MR) is 42.2 cm³/mol. The SMILES string of the molecule is CC(C)N(C)P(=O)(Cl)Cl. The van der Waals surface area contributed by atoms with E-state index in [-0.39, 0.29) is 6.04 Å². The Morgan fingerprint density at radius 3 is 1.78 bits per heavy atom. The zero-order valence-corrected chi connectivity index (χ0v) is 8.04. The van der Waals surface area contributed by atoms with Gasteiger partial charge in [-0.2, -0.15) is 0 Å². The van der Waals surface area contributed by atoms with E-state index in [9.17, 15) is 4.57 Å². The van der Waals surface area contributed by atoms with Crippen LogP contribution in [0.1, 0.15) is 13.8 Å². The lowest BCUT2D eigenvalue weighted by atomic mass is 10.4. The second kappa shape index (κ2) is 3.25. The molecule has 0 fully saturated rings. The fraction of sp³-hybridized carbons (Fsp3) is 1.00. The first-order valence-corrected chi connectivity index (χ1v) is 6.05. The molecule has 0 N–H and O–H groups in total. The van der Waals surface area contributed by atoms with Crippen LogP contribution in [0.5, 0.6) is 0 Å². The van der Waals surface area contributed by atoms with Gasteiger partial charge in [0.15, 0.2) is 0 Å². The van der Waals surface area contributed by atoms with Crippen molar-refractivity contribution in [3.05, 3.63) is 0 Å². The summed E-state index contributed by atoms with van der Waals surface area (Å²) in [5, 5.41) is 0. The Balaban J connectivity index is 4.05. The van der Waals surface area contributed by atoms with E-state index in [1.807, 2.05) is 13.8 Å². The Kier molecular flexibility index (Phi) is 3.52. The first-order valence-electron chi connectivity index (χ1n) is 2.58. The lowest BCUT2D eigenvalue weighted by molar-refractivity contribution is 0.427. The Morgan fingerprint density at radius 1 is 1.44 bits per heavy atom. The highest BCUT2D eigenvalue weighted by molar-refractivity contribution is 8.06. The maximum Gasteiger partial charge on any atom is 0.322 e. The molecule has 0 heterocycles. The second-order valence-corrected chi connectivity index (χ2v) is 6.87. The van der Waals surface area contributed by atoms with Crippen LogP contribution >= 0.6 is 28.5 Å². The predicted octanol–water partition coefficient (Wildman–Crippen LogP) is 2.91. The van der Waals surface area contributed by atoms with Crippen molar-refractivity contribution in [1.29, 1.82) is 0 Å². The van der Waals surface area contributed by atoms with Crippen LogP contribution in [0.15, 0.2) is 0 Å². The minimum absolute atomic E-state index is 0.117. The van der Waals surface area contributed by atoms with Crippen LogP contribution in [-0.4, -0.2) is 17.8 Å². The molecule has 56 valence electrons. The summed E-state index contributed by atoms with van der Waals surface area (Å²) in [6, 6.07) is 0.117. The van der Waals surface area contributed by atoms with Crippen molar-refractivity contribution in [2.75, 3.05) is 7.05 Å². The molecule has 2 nitrogen and oxygen atoms in total. The molecular formula is C4H10Cl2NOP. The molecule has 0 saturated heterocycles. The molecule has 5 heteroatoms. The van der Waals surface area contributed by atoms with E-state index in [0.29, 0.717) is 0 Å². The van der Waals surface area contributed by atoms with Gasteiger partial charge in [0.05, 0.1) is 0 Å². The highest BCUT2D eigenvalue weighted by Crippen LogP contribution is 2.59. The highest BCUT2D eigenvalue weighted by atomic mass is 35.9. The van der Waals surface area contributed by atoms with Gasteiger partial charge < -0.3 is 0 Å². The summed E-state index contributed by atoms with van der Waals surface area (Å²) < 4.78 is 12.3. The molecule has 0 aromatic rings. The molecule has 0 aromatic carbocycles. The van der Waals surface area contributed by atoms with Crippen molar-refractivity contribution in [2.45, 2.75) is 19.9 Å². The molecular weight excluding hydrogens is 180 g/mol. The van der Waals surface area contributed by atoms with E-state index < -0.39 is 6.00 Å². The fourth-order valence-electron chi connectivity index (χ4n) is 0.269. The molecule has 0 spiro atoms. The number of halogens is 2. The van der Waals surface area contributed by atoms with Crippen molar-refractivity contribution in [3.63, 3.8) is 0 Å². The molecule has 0 aliphatic carbocycles. The first kappa shape index (κ1) is 9.77. The zero-order chi connectivity index (χ0) is 7.65. The molecule has 0 aromatic heterocycles. The van der Waals surface area contributed by atoms with E-state index >= 15 is 0 Å².